The van der Waals surface area contributed by atoms with E-state index in [-0.39, 0.29) is 11.9 Å². The van der Waals surface area contributed by atoms with Gasteiger partial charge in [0.1, 0.15) is 0 Å². The van der Waals surface area contributed by atoms with Gasteiger partial charge in [-0.25, -0.2) is 0 Å². The van der Waals surface area contributed by atoms with Gasteiger partial charge in [-0.15, -0.1) is 0 Å². The van der Waals surface area contributed by atoms with E-state index < -0.39 is 0 Å². The van der Waals surface area contributed by atoms with Crippen LogP contribution in [0.25, 0.3) is 10.9 Å². The van der Waals surface area contributed by atoms with Crippen LogP contribution in [-0.4, -0.2) is 15.9 Å². The number of hydrogen-bond acceptors (Lipinski definition) is 2. The highest BCUT2D eigenvalue weighted by molar-refractivity contribution is 6.03. The summed E-state index contributed by atoms with van der Waals surface area (Å²) in [7, 11) is 0. The van der Waals surface area contributed by atoms with Crippen LogP contribution in [0.15, 0.2) is 55.0 Å². The van der Waals surface area contributed by atoms with Crippen molar-refractivity contribution >= 4 is 22.5 Å². The Morgan fingerprint density at radius 2 is 1.95 bits per heavy atom. The Bertz CT molecular complexity index is 779. The molecule has 4 nitrogen and oxygen atoms in total. The van der Waals surface area contributed by atoms with Gasteiger partial charge in [-0.3, -0.25) is 9.78 Å². The van der Waals surface area contributed by atoms with Crippen LogP contribution in [0.1, 0.15) is 31.9 Å². The van der Waals surface area contributed by atoms with Crippen molar-refractivity contribution in [2.75, 3.05) is 4.90 Å². The van der Waals surface area contributed by atoms with E-state index in [4.69, 9.17) is 0 Å². The Morgan fingerprint density at radius 1 is 1.23 bits per heavy atom. The van der Waals surface area contributed by atoms with Crippen molar-refractivity contribution in [2.45, 2.75) is 26.3 Å². The molecule has 0 radical (unpaired) electrons. The van der Waals surface area contributed by atoms with Gasteiger partial charge in [0.15, 0.2) is 0 Å². The van der Waals surface area contributed by atoms with Crippen molar-refractivity contribution < 1.29 is 4.79 Å². The smallest absolute Gasteiger partial charge is 0.227 e. The number of hydrogen-bond donors (Lipinski definition) is 1. The number of fused-ring (bicyclic) bond motifs is 1. The van der Waals surface area contributed by atoms with E-state index in [0.717, 1.165) is 22.2 Å². The number of amides is 1. The molecule has 0 saturated carbocycles. The fraction of sp³-hybridized carbons (Fsp3) is 0.222. The standard InChI is InChI=1S/C18H19N3O/c1-3-18(22)21(13(2)14-8-10-19-11-9-14)17-12-20-16-7-5-4-6-15(16)17/h4-13,20H,3H2,1-2H3. The maximum atomic E-state index is 12.6. The van der Waals surface area contributed by atoms with E-state index in [1.807, 2.05) is 61.3 Å². The average molecular weight is 293 g/mol. The molecule has 4 heteroatoms. The Morgan fingerprint density at radius 3 is 2.68 bits per heavy atom. The van der Waals surface area contributed by atoms with E-state index >= 15 is 0 Å². The zero-order chi connectivity index (χ0) is 15.5. The maximum absolute atomic E-state index is 12.6. The summed E-state index contributed by atoms with van der Waals surface area (Å²) in [5, 5.41) is 1.06. The first-order valence-corrected chi connectivity index (χ1v) is 7.50. The molecule has 22 heavy (non-hydrogen) atoms. The second-order valence-electron chi connectivity index (χ2n) is 5.29. The molecule has 1 N–H and O–H groups in total. The largest absolute Gasteiger partial charge is 0.359 e. The summed E-state index contributed by atoms with van der Waals surface area (Å²) < 4.78 is 0. The van der Waals surface area contributed by atoms with E-state index in [1.165, 1.54) is 0 Å². The predicted octanol–water partition coefficient (Wildman–Crippen LogP) is 4.07. The van der Waals surface area contributed by atoms with Gasteiger partial charge in [-0.2, -0.15) is 0 Å². The fourth-order valence-electron chi connectivity index (χ4n) is 2.78. The van der Waals surface area contributed by atoms with Gasteiger partial charge in [0, 0.05) is 35.9 Å². The monoisotopic (exact) mass is 293 g/mol. The number of pyridine rings is 1. The van der Waals surface area contributed by atoms with Crippen LogP contribution in [-0.2, 0) is 4.79 Å². The molecule has 0 saturated heterocycles. The van der Waals surface area contributed by atoms with Gasteiger partial charge in [-0.05, 0) is 30.7 Å². The molecule has 1 amide bonds. The molecule has 1 unspecified atom stereocenters. The lowest BCUT2D eigenvalue weighted by atomic mass is 10.1. The number of carbonyl (C=O) groups excluding carboxylic acids is 1. The van der Waals surface area contributed by atoms with Gasteiger partial charge >= 0.3 is 0 Å². The predicted molar refractivity (Wildman–Crippen MR) is 88.7 cm³/mol. The second-order valence-corrected chi connectivity index (χ2v) is 5.29. The van der Waals surface area contributed by atoms with Crippen molar-refractivity contribution in [3.63, 3.8) is 0 Å². The summed E-state index contributed by atoms with van der Waals surface area (Å²) in [6.45, 7) is 3.94. The third-order valence-corrected chi connectivity index (χ3v) is 3.97. The molecule has 0 aliphatic heterocycles. The number of benzene rings is 1. The van der Waals surface area contributed by atoms with Crippen molar-refractivity contribution in [1.29, 1.82) is 0 Å². The highest BCUT2D eigenvalue weighted by atomic mass is 16.2. The lowest BCUT2D eigenvalue weighted by Gasteiger charge is -2.29. The molecule has 1 atom stereocenters. The molecule has 0 aliphatic carbocycles. The average Bonchev–Trinajstić information content (AvgIpc) is 2.99. The number of rotatable bonds is 4. The molecule has 3 rings (SSSR count). The number of para-hydroxylation sites is 1. The zero-order valence-electron chi connectivity index (χ0n) is 12.8. The Labute approximate surface area is 129 Å². The molecule has 3 aromatic rings. The SMILES string of the molecule is CCC(=O)N(c1c[nH]c2ccccc12)C(C)c1ccncc1. The van der Waals surface area contributed by atoms with Gasteiger partial charge in [0.05, 0.1) is 11.7 Å². The number of H-pyrrole nitrogens is 1. The summed E-state index contributed by atoms with van der Waals surface area (Å²) in [6.07, 6.45) is 5.90. The molecule has 2 aromatic heterocycles. The third kappa shape index (κ3) is 2.48. The Hall–Kier alpha value is -2.62. The highest BCUT2D eigenvalue weighted by Gasteiger charge is 2.24. The molecule has 0 spiro atoms. The highest BCUT2D eigenvalue weighted by Crippen LogP contribution is 2.33. The molecule has 2 heterocycles. The van der Waals surface area contributed by atoms with Gasteiger partial charge in [0.2, 0.25) is 5.91 Å². The van der Waals surface area contributed by atoms with Crippen molar-refractivity contribution in [3.8, 4) is 0 Å². The quantitative estimate of drug-likeness (QED) is 0.788. The lowest BCUT2D eigenvalue weighted by molar-refractivity contribution is -0.118. The molecule has 0 fully saturated rings. The molecular formula is C18H19N3O. The topological polar surface area (TPSA) is 49.0 Å². The molecule has 0 aliphatic rings. The number of nitrogens with one attached hydrogen (secondary N) is 1. The van der Waals surface area contributed by atoms with Crippen LogP contribution >= 0.6 is 0 Å². The minimum atomic E-state index is -0.0466. The number of aromatic amines is 1. The van der Waals surface area contributed by atoms with E-state index in [1.54, 1.807) is 12.4 Å². The minimum Gasteiger partial charge on any atom is -0.359 e. The van der Waals surface area contributed by atoms with Gasteiger partial charge in [0.25, 0.3) is 0 Å². The zero-order valence-corrected chi connectivity index (χ0v) is 12.8. The van der Waals surface area contributed by atoms with Crippen molar-refractivity contribution in [2.24, 2.45) is 0 Å². The van der Waals surface area contributed by atoms with Crippen LogP contribution < -0.4 is 4.90 Å². The van der Waals surface area contributed by atoms with E-state index in [9.17, 15) is 4.79 Å². The molecular weight excluding hydrogens is 274 g/mol. The number of aromatic nitrogens is 2. The van der Waals surface area contributed by atoms with E-state index in [0.29, 0.717) is 6.42 Å². The summed E-state index contributed by atoms with van der Waals surface area (Å²) >= 11 is 0. The summed E-state index contributed by atoms with van der Waals surface area (Å²) in [5.41, 5.74) is 3.03. The number of carbonyl (C=O) groups is 1. The first kappa shape index (κ1) is 14.3. The van der Waals surface area contributed by atoms with Crippen LogP contribution in [0.5, 0.6) is 0 Å². The number of anilines is 1. The van der Waals surface area contributed by atoms with Crippen LogP contribution in [0.2, 0.25) is 0 Å². The second kappa shape index (κ2) is 6.02. The fourth-order valence-corrected chi connectivity index (χ4v) is 2.78. The lowest BCUT2D eigenvalue weighted by Crippen LogP contribution is -2.32. The molecule has 112 valence electrons. The van der Waals surface area contributed by atoms with Crippen molar-refractivity contribution in [1.82, 2.24) is 9.97 Å². The summed E-state index contributed by atoms with van der Waals surface area (Å²) in [5.74, 6) is 0.106. The Balaban J connectivity index is 2.09. The summed E-state index contributed by atoms with van der Waals surface area (Å²) in [4.78, 5) is 21.7. The van der Waals surface area contributed by atoms with Crippen molar-refractivity contribution in [3.05, 3.63) is 60.6 Å². The van der Waals surface area contributed by atoms with Gasteiger partial charge in [-0.1, -0.05) is 25.1 Å². The summed E-state index contributed by atoms with van der Waals surface area (Å²) in [6, 6.07) is 11.9. The van der Waals surface area contributed by atoms with Crippen LogP contribution in [0.4, 0.5) is 5.69 Å². The maximum Gasteiger partial charge on any atom is 0.227 e. The molecule has 1 aromatic carbocycles. The third-order valence-electron chi connectivity index (χ3n) is 3.97. The van der Waals surface area contributed by atoms with Crippen LogP contribution in [0.3, 0.4) is 0 Å². The molecule has 0 bridgehead atoms. The minimum absolute atomic E-state index is 0.0466. The van der Waals surface area contributed by atoms with Gasteiger partial charge < -0.3 is 9.88 Å². The number of nitrogens with zero attached hydrogens (tertiary/aromatic N) is 2. The van der Waals surface area contributed by atoms with E-state index in [2.05, 4.69) is 9.97 Å². The normalized spacial score (nSPS) is 12.3. The first-order chi connectivity index (χ1) is 10.7. The first-order valence-electron chi connectivity index (χ1n) is 7.50. The Kier molecular flexibility index (Phi) is 3.92. The van der Waals surface area contributed by atoms with Crippen LogP contribution in [0, 0.1) is 0 Å².